The van der Waals surface area contributed by atoms with Gasteiger partial charge in [0.05, 0.1) is 5.60 Å². The predicted octanol–water partition coefficient (Wildman–Crippen LogP) is 2.89. The lowest BCUT2D eigenvalue weighted by molar-refractivity contribution is 0.0166. The highest BCUT2D eigenvalue weighted by molar-refractivity contribution is 5.48. The van der Waals surface area contributed by atoms with Crippen LogP contribution in [0.4, 0.5) is 11.6 Å². The Morgan fingerprint density at radius 2 is 1.81 bits per heavy atom. The topological polar surface area (TPSA) is 70.1 Å². The van der Waals surface area contributed by atoms with Crippen molar-refractivity contribution in [2.45, 2.75) is 63.4 Å². The van der Waals surface area contributed by atoms with E-state index >= 15 is 0 Å². The van der Waals surface area contributed by atoms with Crippen molar-refractivity contribution in [1.29, 1.82) is 0 Å². The fourth-order valence-electron chi connectivity index (χ4n) is 2.99. The van der Waals surface area contributed by atoms with Crippen molar-refractivity contribution in [1.82, 2.24) is 9.97 Å². The largest absolute Gasteiger partial charge is 0.388 e. The lowest BCUT2D eigenvalue weighted by Gasteiger charge is -2.32. The highest BCUT2D eigenvalue weighted by Gasteiger charge is 2.30. The van der Waals surface area contributed by atoms with Crippen molar-refractivity contribution >= 4 is 11.6 Å². The Labute approximate surface area is 126 Å². The van der Waals surface area contributed by atoms with E-state index in [1.165, 1.54) is 19.3 Å². The molecule has 3 N–H and O–H groups in total. The fraction of sp³-hybridized carbons (Fsp3) is 0.750. The first-order valence-electron chi connectivity index (χ1n) is 8.28. The average molecular weight is 290 g/mol. The summed E-state index contributed by atoms with van der Waals surface area (Å²) in [4.78, 5) is 9.19. The minimum Gasteiger partial charge on any atom is -0.388 e. The lowest BCUT2D eigenvalue weighted by atomic mass is 9.85. The summed E-state index contributed by atoms with van der Waals surface area (Å²) in [5, 5.41) is 17.2. The van der Waals surface area contributed by atoms with Crippen LogP contribution in [0.3, 0.4) is 0 Å². The van der Waals surface area contributed by atoms with Gasteiger partial charge >= 0.3 is 0 Å². The van der Waals surface area contributed by atoms with Gasteiger partial charge in [-0.2, -0.15) is 0 Å². The first-order valence-corrected chi connectivity index (χ1v) is 8.28. The summed E-state index contributed by atoms with van der Waals surface area (Å²) in [7, 11) is 0. The molecule has 3 rings (SSSR count). The summed E-state index contributed by atoms with van der Waals surface area (Å²) in [6.45, 7) is 3.50. The molecule has 1 heterocycles. The van der Waals surface area contributed by atoms with Gasteiger partial charge in [-0.1, -0.05) is 19.3 Å². The van der Waals surface area contributed by atoms with Crippen LogP contribution in [-0.2, 0) is 0 Å². The van der Waals surface area contributed by atoms with Crippen molar-refractivity contribution < 1.29 is 5.11 Å². The van der Waals surface area contributed by atoms with Gasteiger partial charge in [0, 0.05) is 25.1 Å². The zero-order chi connectivity index (χ0) is 14.7. The highest BCUT2D eigenvalue weighted by atomic mass is 16.3. The third-order valence-electron chi connectivity index (χ3n) is 4.43. The molecule has 0 atom stereocenters. The van der Waals surface area contributed by atoms with Crippen molar-refractivity contribution in [3.8, 4) is 0 Å². The van der Waals surface area contributed by atoms with Crippen molar-refractivity contribution in [3.63, 3.8) is 0 Å². The molecule has 21 heavy (non-hydrogen) atoms. The third-order valence-corrected chi connectivity index (χ3v) is 4.43. The van der Waals surface area contributed by atoms with Gasteiger partial charge in [-0.3, -0.25) is 0 Å². The molecule has 0 spiro atoms. The first kappa shape index (κ1) is 14.6. The quantitative estimate of drug-likeness (QED) is 0.751. The van der Waals surface area contributed by atoms with Gasteiger partial charge < -0.3 is 15.7 Å². The summed E-state index contributed by atoms with van der Waals surface area (Å²) in [5.74, 6) is 3.18. The van der Waals surface area contributed by atoms with E-state index in [-0.39, 0.29) is 0 Å². The highest BCUT2D eigenvalue weighted by Crippen LogP contribution is 2.39. The van der Waals surface area contributed by atoms with Crippen LogP contribution >= 0.6 is 0 Å². The van der Waals surface area contributed by atoms with E-state index in [4.69, 9.17) is 0 Å². The Morgan fingerprint density at radius 3 is 2.43 bits per heavy atom. The summed E-state index contributed by atoms with van der Waals surface area (Å²) in [6.07, 6.45) is 7.65. The van der Waals surface area contributed by atoms with E-state index in [1.54, 1.807) is 0 Å². The Kier molecular flexibility index (Phi) is 4.29. The SMILES string of the molecule is CCNc1cc(NCC2(O)CCCCC2)nc(C2CC2)n1. The fourth-order valence-corrected chi connectivity index (χ4v) is 2.99. The number of aromatic nitrogens is 2. The average Bonchev–Trinajstić information content (AvgIpc) is 3.31. The van der Waals surface area contributed by atoms with E-state index in [1.807, 2.05) is 6.07 Å². The summed E-state index contributed by atoms with van der Waals surface area (Å²) in [5.41, 5.74) is -0.568. The third kappa shape index (κ3) is 3.84. The van der Waals surface area contributed by atoms with Crippen LogP contribution in [0.1, 0.15) is 63.6 Å². The summed E-state index contributed by atoms with van der Waals surface area (Å²) < 4.78 is 0. The minimum absolute atomic E-state index is 0.530. The second-order valence-electron chi connectivity index (χ2n) is 6.44. The van der Waals surface area contributed by atoms with Gasteiger partial charge in [-0.25, -0.2) is 9.97 Å². The van der Waals surface area contributed by atoms with Gasteiger partial charge in [0.15, 0.2) is 0 Å². The maximum absolute atomic E-state index is 10.6. The van der Waals surface area contributed by atoms with Crippen LogP contribution in [0.25, 0.3) is 0 Å². The van der Waals surface area contributed by atoms with E-state index in [0.29, 0.717) is 12.5 Å². The molecule has 5 heteroatoms. The van der Waals surface area contributed by atoms with Gasteiger partial charge in [-0.05, 0) is 32.6 Å². The van der Waals surface area contributed by atoms with E-state index in [2.05, 4.69) is 27.5 Å². The molecule has 0 aromatic carbocycles. The molecule has 0 saturated heterocycles. The molecule has 116 valence electrons. The van der Waals surface area contributed by atoms with Gasteiger partial charge in [0.1, 0.15) is 17.5 Å². The molecule has 1 aromatic heterocycles. The maximum Gasteiger partial charge on any atom is 0.136 e. The number of rotatable bonds is 6. The number of anilines is 2. The molecule has 5 nitrogen and oxygen atoms in total. The van der Waals surface area contributed by atoms with Crippen molar-refractivity contribution in [2.75, 3.05) is 23.7 Å². The Hall–Kier alpha value is -1.36. The molecule has 0 aliphatic heterocycles. The van der Waals surface area contributed by atoms with E-state index < -0.39 is 5.60 Å². The monoisotopic (exact) mass is 290 g/mol. The molecule has 2 fully saturated rings. The standard InChI is InChI=1S/C16H26N4O/c1-2-17-13-10-14(20-15(19-13)12-6-7-12)18-11-16(21)8-4-3-5-9-16/h10,12,21H,2-9,11H2,1H3,(H2,17,18,19,20). The zero-order valence-corrected chi connectivity index (χ0v) is 12.9. The molecule has 2 aliphatic carbocycles. The molecule has 0 bridgehead atoms. The number of nitrogens with zero attached hydrogens (tertiary/aromatic N) is 2. The van der Waals surface area contributed by atoms with Crippen LogP contribution in [0.5, 0.6) is 0 Å². The molecule has 0 amide bonds. The molecule has 0 unspecified atom stereocenters. The Bertz CT molecular complexity index is 481. The first-order chi connectivity index (χ1) is 10.2. The molecule has 1 aromatic rings. The second-order valence-corrected chi connectivity index (χ2v) is 6.44. The Morgan fingerprint density at radius 1 is 1.14 bits per heavy atom. The lowest BCUT2D eigenvalue weighted by Crippen LogP contribution is -2.39. The van der Waals surface area contributed by atoms with Crippen LogP contribution in [0.15, 0.2) is 6.07 Å². The maximum atomic E-state index is 10.6. The second kappa shape index (κ2) is 6.18. The van der Waals surface area contributed by atoms with E-state index in [9.17, 15) is 5.11 Å². The predicted molar refractivity (Wildman–Crippen MR) is 84.7 cm³/mol. The van der Waals surface area contributed by atoms with Gasteiger partial charge in [0.2, 0.25) is 0 Å². The van der Waals surface area contributed by atoms with Gasteiger partial charge in [-0.15, -0.1) is 0 Å². The molecular formula is C16H26N4O. The zero-order valence-electron chi connectivity index (χ0n) is 12.9. The molecule has 2 aliphatic rings. The smallest absolute Gasteiger partial charge is 0.136 e. The summed E-state index contributed by atoms with van der Waals surface area (Å²) in [6, 6.07) is 1.95. The Balaban J connectivity index is 1.68. The van der Waals surface area contributed by atoms with Crippen molar-refractivity contribution in [2.24, 2.45) is 0 Å². The molecule has 0 radical (unpaired) electrons. The number of hydrogen-bond donors (Lipinski definition) is 3. The van der Waals surface area contributed by atoms with Crippen LogP contribution < -0.4 is 10.6 Å². The molecule has 2 saturated carbocycles. The number of aliphatic hydroxyl groups is 1. The normalized spacial score (nSPS) is 21.0. The van der Waals surface area contributed by atoms with Crippen LogP contribution in [0.2, 0.25) is 0 Å². The van der Waals surface area contributed by atoms with Crippen molar-refractivity contribution in [3.05, 3.63) is 11.9 Å². The molecular weight excluding hydrogens is 264 g/mol. The van der Waals surface area contributed by atoms with Crippen LogP contribution in [-0.4, -0.2) is 33.8 Å². The van der Waals surface area contributed by atoms with E-state index in [0.717, 1.165) is 49.7 Å². The number of nitrogens with one attached hydrogen (secondary N) is 2. The number of hydrogen-bond acceptors (Lipinski definition) is 5. The van der Waals surface area contributed by atoms with Gasteiger partial charge in [0.25, 0.3) is 0 Å². The van der Waals surface area contributed by atoms with Crippen LogP contribution in [0, 0.1) is 0 Å². The minimum atomic E-state index is -0.568. The summed E-state index contributed by atoms with van der Waals surface area (Å²) >= 11 is 0.